The molecule has 2 amide bonds. The Kier molecular flexibility index (Phi) is 4.23. The number of hydrazine groups is 1. The molecule has 0 bridgehead atoms. The Balaban J connectivity index is 2.56. The Hall–Kier alpha value is -3.59. The van der Waals surface area contributed by atoms with E-state index in [0.29, 0.717) is 16.1 Å². The van der Waals surface area contributed by atoms with Crippen molar-refractivity contribution in [2.45, 2.75) is 0 Å². The van der Waals surface area contributed by atoms with Gasteiger partial charge in [-0.05, 0) is 18.2 Å². The standard InChI is InChI=1S/C17H16N4O5/c1-25-10-5-3-4-8-12(10)16(23)14-11(26-2)7-6-9(13(14)15(8)22)21(19)17(24)20-18/h3-7,18,22-23H,19H2,1-2H3. The van der Waals surface area contributed by atoms with E-state index < -0.39 is 6.03 Å². The highest BCUT2D eigenvalue weighted by molar-refractivity contribution is 6.19. The molecule has 0 heterocycles. The van der Waals surface area contributed by atoms with Crippen molar-refractivity contribution in [3.63, 3.8) is 0 Å². The number of hydrogen-bond donors (Lipinski definition) is 4. The molecule has 0 aliphatic carbocycles. The number of carbonyl (C=O) groups is 1. The first-order valence-electron chi connectivity index (χ1n) is 7.43. The van der Waals surface area contributed by atoms with Crippen molar-refractivity contribution in [3.8, 4) is 23.0 Å². The van der Waals surface area contributed by atoms with Crippen LogP contribution < -0.4 is 20.3 Å². The highest BCUT2D eigenvalue weighted by Gasteiger charge is 2.24. The maximum absolute atomic E-state index is 11.7. The molecule has 9 heteroatoms. The van der Waals surface area contributed by atoms with Crippen LogP contribution in [0.4, 0.5) is 10.5 Å². The van der Waals surface area contributed by atoms with E-state index in [1.807, 2.05) is 0 Å². The molecule has 0 aliphatic heterocycles. The maximum Gasteiger partial charge on any atom is 0.380 e. The van der Waals surface area contributed by atoms with Crippen LogP contribution in [0.5, 0.6) is 23.0 Å². The molecule has 26 heavy (non-hydrogen) atoms. The Morgan fingerprint density at radius 3 is 2.31 bits per heavy atom. The zero-order valence-corrected chi connectivity index (χ0v) is 14.0. The van der Waals surface area contributed by atoms with E-state index in [9.17, 15) is 15.0 Å². The Morgan fingerprint density at radius 2 is 1.69 bits per heavy atom. The largest absolute Gasteiger partial charge is 0.507 e. The van der Waals surface area contributed by atoms with Crippen LogP contribution in [0.2, 0.25) is 0 Å². The molecule has 0 spiro atoms. The van der Waals surface area contributed by atoms with Gasteiger partial charge in [0.2, 0.25) is 0 Å². The van der Waals surface area contributed by atoms with Crippen LogP contribution in [0.3, 0.4) is 0 Å². The molecule has 5 N–H and O–H groups in total. The number of amides is 2. The average Bonchev–Trinajstić information content (AvgIpc) is 2.68. The molecule has 0 aliphatic rings. The van der Waals surface area contributed by atoms with Gasteiger partial charge in [-0.2, -0.15) is 5.53 Å². The molecular weight excluding hydrogens is 340 g/mol. The van der Waals surface area contributed by atoms with Crippen molar-refractivity contribution in [2.75, 3.05) is 19.2 Å². The second-order valence-corrected chi connectivity index (χ2v) is 5.38. The second-order valence-electron chi connectivity index (χ2n) is 5.38. The Bertz CT molecular complexity index is 1050. The number of fused-ring (bicyclic) bond motifs is 2. The lowest BCUT2D eigenvalue weighted by Gasteiger charge is -2.20. The van der Waals surface area contributed by atoms with Gasteiger partial charge in [0, 0.05) is 5.39 Å². The average molecular weight is 356 g/mol. The fourth-order valence-corrected chi connectivity index (χ4v) is 2.98. The van der Waals surface area contributed by atoms with Crippen molar-refractivity contribution < 1.29 is 24.5 Å². The number of phenolic OH excluding ortho intramolecular Hbond substituents is 2. The summed E-state index contributed by atoms with van der Waals surface area (Å²) < 4.78 is 10.6. The van der Waals surface area contributed by atoms with E-state index in [1.165, 1.54) is 26.4 Å². The van der Waals surface area contributed by atoms with Crippen LogP contribution in [0.1, 0.15) is 0 Å². The Labute approximate surface area is 147 Å². The number of rotatable bonds is 3. The van der Waals surface area contributed by atoms with E-state index in [0.717, 1.165) is 0 Å². The summed E-state index contributed by atoms with van der Waals surface area (Å²) in [6.07, 6.45) is 0. The van der Waals surface area contributed by atoms with Gasteiger partial charge in [-0.3, -0.25) is 0 Å². The SMILES string of the molecule is COc1cccc2c(O)c3c(N(N)C(=O)N=N)ccc(OC)c3c(O)c12. The molecule has 134 valence electrons. The first-order valence-corrected chi connectivity index (χ1v) is 7.43. The minimum Gasteiger partial charge on any atom is -0.507 e. The monoisotopic (exact) mass is 356 g/mol. The van der Waals surface area contributed by atoms with Crippen LogP contribution in [0.25, 0.3) is 21.5 Å². The summed E-state index contributed by atoms with van der Waals surface area (Å²) in [4.78, 5) is 11.7. The number of methoxy groups -OCH3 is 2. The molecule has 0 fully saturated rings. The maximum atomic E-state index is 11.7. The molecule has 0 unspecified atom stereocenters. The van der Waals surface area contributed by atoms with Crippen molar-refractivity contribution >= 4 is 33.3 Å². The van der Waals surface area contributed by atoms with Gasteiger partial charge in [0.15, 0.2) is 0 Å². The van der Waals surface area contributed by atoms with E-state index in [1.54, 1.807) is 18.2 Å². The number of nitrogens with one attached hydrogen (secondary N) is 1. The molecule has 0 aromatic heterocycles. The van der Waals surface area contributed by atoms with Gasteiger partial charge < -0.3 is 19.7 Å². The first kappa shape index (κ1) is 17.2. The predicted octanol–water partition coefficient (Wildman–Crippen LogP) is 3.25. The van der Waals surface area contributed by atoms with Gasteiger partial charge in [0.25, 0.3) is 0 Å². The summed E-state index contributed by atoms with van der Waals surface area (Å²) in [5.41, 5.74) is 6.91. The molecule has 0 saturated heterocycles. The number of urea groups is 1. The quantitative estimate of drug-likeness (QED) is 0.142. The lowest BCUT2D eigenvalue weighted by molar-refractivity contribution is 0.252. The van der Waals surface area contributed by atoms with E-state index in [2.05, 4.69) is 5.11 Å². The van der Waals surface area contributed by atoms with Crippen molar-refractivity contribution in [3.05, 3.63) is 30.3 Å². The minimum absolute atomic E-state index is 0.0549. The van der Waals surface area contributed by atoms with Gasteiger partial charge in [-0.1, -0.05) is 17.2 Å². The highest BCUT2D eigenvalue weighted by atomic mass is 16.5. The minimum atomic E-state index is -1.04. The number of nitrogens with zero attached hydrogens (tertiary/aromatic N) is 2. The fourth-order valence-electron chi connectivity index (χ4n) is 2.98. The number of anilines is 1. The number of nitrogens with two attached hydrogens (primary N) is 1. The summed E-state index contributed by atoms with van der Waals surface area (Å²) in [7, 11) is 2.85. The number of ether oxygens (including phenoxy) is 2. The number of aromatic hydroxyl groups is 2. The topological polar surface area (TPSA) is 141 Å². The number of phenols is 2. The molecule has 9 nitrogen and oxygen atoms in total. The number of carbonyl (C=O) groups excluding carboxylic acids is 1. The molecule has 3 aromatic carbocycles. The van der Waals surface area contributed by atoms with Gasteiger partial charge in [0.05, 0.1) is 36.1 Å². The van der Waals surface area contributed by atoms with Crippen molar-refractivity contribution in [1.29, 1.82) is 5.53 Å². The third-order valence-electron chi connectivity index (χ3n) is 4.14. The predicted molar refractivity (Wildman–Crippen MR) is 95.1 cm³/mol. The van der Waals surface area contributed by atoms with Crippen LogP contribution in [-0.4, -0.2) is 30.5 Å². The van der Waals surface area contributed by atoms with Gasteiger partial charge in [0.1, 0.15) is 23.0 Å². The Morgan fingerprint density at radius 1 is 1.04 bits per heavy atom. The summed E-state index contributed by atoms with van der Waals surface area (Å²) in [6, 6.07) is 6.75. The molecule has 0 saturated carbocycles. The van der Waals surface area contributed by atoms with Crippen LogP contribution in [0.15, 0.2) is 35.4 Å². The summed E-state index contributed by atoms with van der Waals surface area (Å²) in [5, 5.41) is 26.0. The summed E-state index contributed by atoms with van der Waals surface area (Å²) in [6.45, 7) is 0. The molecule has 0 atom stereocenters. The first-order chi connectivity index (χ1) is 12.5. The van der Waals surface area contributed by atoms with Gasteiger partial charge in [-0.15, -0.1) is 0 Å². The summed E-state index contributed by atoms with van der Waals surface area (Å²) >= 11 is 0. The molecular formula is C17H16N4O5. The lowest BCUT2D eigenvalue weighted by Crippen LogP contribution is -2.35. The van der Waals surface area contributed by atoms with Gasteiger partial charge in [-0.25, -0.2) is 15.6 Å². The van der Waals surface area contributed by atoms with E-state index in [-0.39, 0.29) is 39.1 Å². The van der Waals surface area contributed by atoms with E-state index in [4.69, 9.17) is 20.8 Å². The molecule has 0 radical (unpaired) electrons. The summed E-state index contributed by atoms with van der Waals surface area (Å²) in [5.74, 6) is 5.92. The van der Waals surface area contributed by atoms with Gasteiger partial charge >= 0.3 is 6.03 Å². The van der Waals surface area contributed by atoms with Crippen molar-refractivity contribution in [1.82, 2.24) is 0 Å². The zero-order valence-electron chi connectivity index (χ0n) is 14.0. The van der Waals surface area contributed by atoms with Crippen LogP contribution >= 0.6 is 0 Å². The second kappa shape index (κ2) is 6.37. The normalized spacial score (nSPS) is 10.7. The highest BCUT2D eigenvalue weighted by Crippen LogP contribution is 2.50. The van der Waals surface area contributed by atoms with E-state index >= 15 is 0 Å². The fraction of sp³-hybridized carbons (Fsp3) is 0.118. The lowest BCUT2D eigenvalue weighted by atomic mass is 9.98. The van der Waals surface area contributed by atoms with Crippen LogP contribution in [-0.2, 0) is 0 Å². The third kappa shape index (κ3) is 2.33. The third-order valence-corrected chi connectivity index (χ3v) is 4.14. The molecule has 3 aromatic rings. The van der Waals surface area contributed by atoms with Crippen LogP contribution in [0, 0.1) is 5.53 Å². The smallest absolute Gasteiger partial charge is 0.380 e. The van der Waals surface area contributed by atoms with Crippen molar-refractivity contribution in [2.24, 2.45) is 11.0 Å². The molecule has 3 rings (SSSR count). The number of benzene rings is 3. The number of hydrogen-bond acceptors (Lipinski definition) is 7. The zero-order chi connectivity index (χ0) is 19.0.